The minimum Gasteiger partial charge on any atom is -0.461 e. The van der Waals surface area contributed by atoms with Gasteiger partial charge in [-0.1, -0.05) is 42.5 Å². The van der Waals surface area contributed by atoms with Crippen molar-refractivity contribution in [1.29, 1.82) is 0 Å². The molecule has 29 heavy (non-hydrogen) atoms. The predicted octanol–water partition coefficient (Wildman–Crippen LogP) is 3.46. The van der Waals surface area contributed by atoms with Crippen LogP contribution in [0.5, 0.6) is 0 Å². The number of hydrogen-bond acceptors (Lipinski definition) is 5. The van der Waals surface area contributed by atoms with E-state index in [-0.39, 0.29) is 18.4 Å². The van der Waals surface area contributed by atoms with Gasteiger partial charge in [-0.3, -0.25) is 9.69 Å². The summed E-state index contributed by atoms with van der Waals surface area (Å²) in [4.78, 5) is 38.9. The van der Waals surface area contributed by atoms with Crippen LogP contribution in [0.15, 0.2) is 69.9 Å². The predicted molar refractivity (Wildman–Crippen MR) is 109 cm³/mol. The molecule has 0 bridgehead atoms. The van der Waals surface area contributed by atoms with E-state index >= 15 is 0 Å². The molecule has 1 amide bonds. The molecule has 1 saturated heterocycles. The van der Waals surface area contributed by atoms with E-state index in [2.05, 4.69) is 0 Å². The Bertz CT molecular complexity index is 1100. The molecule has 0 unspecified atom stereocenters. The summed E-state index contributed by atoms with van der Waals surface area (Å²) in [7, 11) is 0. The molecular formula is C23H21NO5. The molecule has 1 aliphatic rings. The standard InChI is InChI=1S/C23H21NO5/c1-15(13-16-7-3-2-4-8-16)28-23(27)18-11-12-21(25)24(18)19-14-22(26)29-20-10-6-5-9-17(19)20/h2-10,14-15,18H,11-13H2,1H3/t15-,18-/m0/s1. The molecule has 0 spiro atoms. The summed E-state index contributed by atoms with van der Waals surface area (Å²) < 4.78 is 10.9. The second kappa shape index (κ2) is 7.91. The molecule has 2 heterocycles. The second-order valence-corrected chi connectivity index (χ2v) is 7.20. The smallest absolute Gasteiger partial charge is 0.338 e. The SMILES string of the molecule is C[C@@H](Cc1ccccc1)OC(=O)[C@@H]1CCC(=O)N1c1cc(=O)oc2ccccc12. The second-order valence-electron chi connectivity index (χ2n) is 7.20. The van der Waals surface area contributed by atoms with Crippen LogP contribution in [0.25, 0.3) is 11.0 Å². The van der Waals surface area contributed by atoms with Gasteiger partial charge in [-0.15, -0.1) is 0 Å². The molecule has 0 radical (unpaired) electrons. The van der Waals surface area contributed by atoms with Gasteiger partial charge < -0.3 is 9.15 Å². The van der Waals surface area contributed by atoms with Gasteiger partial charge in [0.15, 0.2) is 0 Å². The first-order valence-electron chi connectivity index (χ1n) is 9.62. The number of carbonyl (C=O) groups excluding carboxylic acids is 2. The summed E-state index contributed by atoms with van der Waals surface area (Å²) >= 11 is 0. The fourth-order valence-corrected chi connectivity index (χ4v) is 3.77. The Balaban J connectivity index is 1.59. The fraction of sp³-hybridized carbons (Fsp3) is 0.261. The number of ether oxygens (including phenoxy) is 1. The van der Waals surface area contributed by atoms with E-state index in [1.807, 2.05) is 37.3 Å². The van der Waals surface area contributed by atoms with E-state index in [1.54, 1.807) is 24.3 Å². The number of rotatable bonds is 5. The van der Waals surface area contributed by atoms with Gasteiger partial charge in [0, 0.05) is 24.3 Å². The summed E-state index contributed by atoms with van der Waals surface area (Å²) in [6, 6.07) is 17.2. The van der Waals surface area contributed by atoms with Gasteiger partial charge >= 0.3 is 11.6 Å². The van der Waals surface area contributed by atoms with Crippen LogP contribution in [0.1, 0.15) is 25.3 Å². The zero-order chi connectivity index (χ0) is 20.4. The summed E-state index contributed by atoms with van der Waals surface area (Å²) in [5.74, 6) is -0.671. The van der Waals surface area contributed by atoms with E-state index in [9.17, 15) is 14.4 Å². The Morgan fingerprint density at radius 3 is 2.66 bits per heavy atom. The molecule has 6 nitrogen and oxygen atoms in total. The average molecular weight is 391 g/mol. The van der Waals surface area contributed by atoms with Crippen molar-refractivity contribution in [3.05, 3.63) is 76.6 Å². The molecular weight excluding hydrogens is 370 g/mol. The van der Waals surface area contributed by atoms with Crippen LogP contribution in [-0.4, -0.2) is 24.0 Å². The highest BCUT2D eigenvalue weighted by Gasteiger charge is 2.39. The number of hydrogen-bond donors (Lipinski definition) is 0. The third kappa shape index (κ3) is 3.92. The first-order valence-corrected chi connectivity index (χ1v) is 9.62. The minimum absolute atomic E-state index is 0.210. The Hall–Kier alpha value is -3.41. The van der Waals surface area contributed by atoms with Crippen molar-refractivity contribution in [3.8, 4) is 0 Å². The lowest BCUT2D eigenvalue weighted by molar-refractivity contribution is -0.149. The molecule has 2 atom stereocenters. The molecule has 1 fully saturated rings. The monoisotopic (exact) mass is 391 g/mol. The summed E-state index contributed by atoms with van der Waals surface area (Å²) in [6.45, 7) is 1.83. The minimum atomic E-state index is -0.758. The van der Waals surface area contributed by atoms with Gasteiger partial charge in [0.2, 0.25) is 5.91 Å². The number of amides is 1. The van der Waals surface area contributed by atoms with Crippen molar-refractivity contribution in [3.63, 3.8) is 0 Å². The third-order valence-corrected chi connectivity index (χ3v) is 5.06. The first kappa shape index (κ1) is 18.9. The molecule has 0 N–H and O–H groups in total. The van der Waals surface area contributed by atoms with E-state index in [0.29, 0.717) is 29.5 Å². The van der Waals surface area contributed by atoms with Crippen molar-refractivity contribution in [2.24, 2.45) is 0 Å². The number of carbonyl (C=O) groups is 2. The van der Waals surface area contributed by atoms with Crippen LogP contribution in [-0.2, 0) is 20.7 Å². The Kier molecular flexibility index (Phi) is 5.16. The van der Waals surface area contributed by atoms with Gasteiger partial charge in [-0.05, 0) is 31.0 Å². The quantitative estimate of drug-likeness (QED) is 0.492. The van der Waals surface area contributed by atoms with Gasteiger partial charge in [0.05, 0.1) is 5.69 Å². The molecule has 0 aliphatic carbocycles. The van der Waals surface area contributed by atoms with Gasteiger partial charge in [-0.2, -0.15) is 0 Å². The van der Waals surface area contributed by atoms with Gasteiger partial charge in [-0.25, -0.2) is 9.59 Å². The number of benzene rings is 2. The Morgan fingerprint density at radius 1 is 1.14 bits per heavy atom. The number of anilines is 1. The lowest BCUT2D eigenvalue weighted by Gasteiger charge is -2.25. The maximum atomic E-state index is 12.9. The van der Waals surface area contributed by atoms with E-state index in [1.165, 1.54) is 11.0 Å². The zero-order valence-corrected chi connectivity index (χ0v) is 16.0. The third-order valence-electron chi connectivity index (χ3n) is 5.06. The summed E-state index contributed by atoms with van der Waals surface area (Å²) in [5, 5.41) is 0.609. The van der Waals surface area contributed by atoms with Crippen LogP contribution in [0.2, 0.25) is 0 Å². The van der Waals surface area contributed by atoms with Crippen molar-refractivity contribution in [2.75, 3.05) is 4.90 Å². The van der Waals surface area contributed by atoms with Crippen molar-refractivity contribution in [2.45, 2.75) is 38.3 Å². The Morgan fingerprint density at radius 2 is 1.86 bits per heavy atom. The molecule has 1 aliphatic heterocycles. The fourth-order valence-electron chi connectivity index (χ4n) is 3.77. The van der Waals surface area contributed by atoms with E-state index < -0.39 is 17.6 Å². The maximum absolute atomic E-state index is 12.9. The van der Waals surface area contributed by atoms with Crippen LogP contribution < -0.4 is 10.5 Å². The van der Waals surface area contributed by atoms with Crippen molar-refractivity contribution >= 4 is 28.5 Å². The number of nitrogens with zero attached hydrogens (tertiary/aromatic N) is 1. The van der Waals surface area contributed by atoms with E-state index in [4.69, 9.17) is 9.15 Å². The lowest BCUT2D eigenvalue weighted by atomic mass is 10.1. The average Bonchev–Trinajstić information content (AvgIpc) is 3.09. The number of esters is 1. The zero-order valence-electron chi connectivity index (χ0n) is 16.0. The number of fused-ring (bicyclic) bond motifs is 1. The Labute approximate surface area is 167 Å². The van der Waals surface area contributed by atoms with Crippen LogP contribution in [0, 0.1) is 0 Å². The first-order chi connectivity index (χ1) is 14.0. The van der Waals surface area contributed by atoms with Crippen molar-refractivity contribution < 1.29 is 18.7 Å². The van der Waals surface area contributed by atoms with Crippen LogP contribution in [0.4, 0.5) is 5.69 Å². The highest BCUT2D eigenvalue weighted by atomic mass is 16.5. The highest BCUT2D eigenvalue weighted by molar-refractivity contribution is 6.07. The van der Waals surface area contributed by atoms with E-state index in [0.717, 1.165) is 5.56 Å². The lowest BCUT2D eigenvalue weighted by Crippen LogP contribution is -2.41. The molecule has 148 valence electrons. The van der Waals surface area contributed by atoms with Gasteiger partial charge in [0.1, 0.15) is 17.7 Å². The molecule has 1 aromatic heterocycles. The molecule has 3 aromatic rings. The molecule has 4 rings (SSSR count). The van der Waals surface area contributed by atoms with Crippen molar-refractivity contribution in [1.82, 2.24) is 0 Å². The largest absolute Gasteiger partial charge is 0.461 e. The van der Waals surface area contributed by atoms with Crippen LogP contribution in [0.3, 0.4) is 0 Å². The normalized spacial score (nSPS) is 17.5. The highest BCUT2D eigenvalue weighted by Crippen LogP contribution is 2.32. The maximum Gasteiger partial charge on any atom is 0.338 e. The van der Waals surface area contributed by atoms with Gasteiger partial charge in [0.25, 0.3) is 0 Å². The van der Waals surface area contributed by atoms with Crippen LogP contribution >= 0.6 is 0 Å². The summed E-state index contributed by atoms with van der Waals surface area (Å²) in [6.07, 6.45) is 0.830. The number of para-hydroxylation sites is 1. The molecule has 6 heteroatoms. The topological polar surface area (TPSA) is 76.8 Å². The summed E-state index contributed by atoms with van der Waals surface area (Å²) in [5.41, 5.74) is 1.26. The molecule has 0 saturated carbocycles. The molecule has 2 aromatic carbocycles.